The molecule has 0 bridgehead atoms. The maximum atomic E-state index is 12.8. The molecule has 0 aromatic heterocycles. The molecule has 1 heterocycles. The minimum Gasteiger partial charge on any atom is -0.496 e. The highest BCUT2D eigenvalue weighted by atomic mass is 32.2. The predicted octanol–water partition coefficient (Wildman–Crippen LogP) is 1.00. The molecule has 1 aliphatic rings. The molecule has 1 aromatic carbocycles. The number of methoxy groups -OCH3 is 1. The van der Waals surface area contributed by atoms with Gasteiger partial charge in [0.2, 0.25) is 10.0 Å². The van der Waals surface area contributed by atoms with Crippen molar-refractivity contribution in [2.75, 3.05) is 33.0 Å². The van der Waals surface area contributed by atoms with Crippen LogP contribution in [0.15, 0.2) is 18.2 Å². The van der Waals surface area contributed by atoms with Gasteiger partial charge < -0.3 is 9.64 Å². The molecule has 1 aromatic rings. The van der Waals surface area contributed by atoms with Crippen LogP contribution >= 0.6 is 0 Å². The lowest BCUT2D eigenvalue weighted by molar-refractivity contribution is -0.384. The van der Waals surface area contributed by atoms with Crippen molar-refractivity contribution >= 4 is 21.6 Å². The van der Waals surface area contributed by atoms with Crippen molar-refractivity contribution < 1.29 is 22.9 Å². The Labute approximate surface area is 146 Å². The minimum atomic E-state index is -3.29. The Bertz CT molecular complexity index is 765. The number of sulfonamides is 1. The summed E-state index contributed by atoms with van der Waals surface area (Å²) in [5.41, 5.74) is -0.0510. The van der Waals surface area contributed by atoms with Gasteiger partial charge in [-0.2, -0.15) is 0 Å². The van der Waals surface area contributed by atoms with Crippen LogP contribution in [-0.4, -0.2) is 57.1 Å². The topological polar surface area (TPSA) is 119 Å². The first-order valence-electron chi connectivity index (χ1n) is 7.77. The van der Waals surface area contributed by atoms with Crippen LogP contribution < -0.4 is 9.46 Å². The van der Waals surface area contributed by atoms with E-state index in [1.54, 1.807) is 4.90 Å². The number of nitrogens with zero attached hydrogens (tertiary/aromatic N) is 2. The number of ether oxygens (including phenoxy) is 1. The van der Waals surface area contributed by atoms with Gasteiger partial charge >= 0.3 is 0 Å². The molecular weight excluding hydrogens is 350 g/mol. The molecule has 0 spiro atoms. The van der Waals surface area contributed by atoms with E-state index in [-0.39, 0.29) is 35.4 Å². The van der Waals surface area contributed by atoms with E-state index < -0.39 is 14.9 Å². The number of carbonyl (C=O) groups excluding carboxylic acids is 1. The number of nitrogens with one attached hydrogen (secondary N) is 1. The van der Waals surface area contributed by atoms with E-state index in [1.165, 1.54) is 25.3 Å². The predicted molar refractivity (Wildman–Crippen MR) is 91.1 cm³/mol. The summed E-state index contributed by atoms with van der Waals surface area (Å²) in [5.74, 6) is -0.0892. The third kappa shape index (κ3) is 5.13. The Morgan fingerprint density at radius 1 is 1.48 bits per heavy atom. The number of rotatable bonds is 6. The molecule has 1 amide bonds. The van der Waals surface area contributed by atoms with Crippen molar-refractivity contribution in [2.45, 2.75) is 12.8 Å². The van der Waals surface area contributed by atoms with Gasteiger partial charge in [0.25, 0.3) is 11.6 Å². The average Bonchev–Trinajstić information content (AvgIpc) is 2.58. The van der Waals surface area contributed by atoms with Gasteiger partial charge in [-0.05, 0) is 24.8 Å². The summed E-state index contributed by atoms with van der Waals surface area (Å²) in [6.07, 6.45) is 2.63. The van der Waals surface area contributed by atoms with E-state index in [9.17, 15) is 23.3 Å². The first kappa shape index (κ1) is 19.1. The molecule has 1 fully saturated rings. The Morgan fingerprint density at radius 2 is 2.20 bits per heavy atom. The van der Waals surface area contributed by atoms with E-state index in [0.717, 1.165) is 19.1 Å². The van der Waals surface area contributed by atoms with Crippen LogP contribution in [0.4, 0.5) is 5.69 Å². The van der Waals surface area contributed by atoms with Crippen LogP contribution in [0.25, 0.3) is 0 Å². The zero-order valence-electron chi connectivity index (χ0n) is 14.1. The molecule has 0 unspecified atom stereocenters. The van der Waals surface area contributed by atoms with E-state index in [4.69, 9.17) is 4.74 Å². The Hall–Kier alpha value is -2.20. The number of nitro groups is 1. The van der Waals surface area contributed by atoms with E-state index in [0.29, 0.717) is 13.1 Å². The van der Waals surface area contributed by atoms with Crippen LogP contribution in [0.1, 0.15) is 23.2 Å². The van der Waals surface area contributed by atoms with Gasteiger partial charge in [-0.15, -0.1) is 0 Å². The summed E-state index contributed by atoms with van der Waals surface area (Å²) < 4.78 is 30.1. The van der Waals surface area contributed by atoms with Crippen LogP contribution in [0.2, 0.25) is 0 Å². The van der Waals surface area contributed by atoms with Crippen LogP contribution in [0.5, 0.6) is 5.75 Å². The highest BCUT2D eigenvalue weighted by Gasteiger charge is 2.28. The molecule has 1 saturated heterocycles. The summed E-state index contributed by atoms with van der Waals surface area (Å²) in [6.45, 7) is 1.15. The SMILES string of the molecule is COc1ccc([N+](=O)[O-])cc1C(=O)N1CCC[C@@H](CNS(C)(=O)=O)C1. The summed E-state index contributed by atoms with van der Waals surface area (Å²) in [6, 6.07) is 3.89. The van der Waals surface area contributed by atoms with Gasteiger partial charge in [-0.3, -0.25) is 14.9 Å². The van der Waals surface area contributed by atoms with Gasteiger partial charge in [0, 0.05) is 31.8 Å². The van der Waals surface area contributed by atoms with Crippen LogP contribution in [0, 0.1) is 16.0 Å². The monoisotopic (exact) mass is 371 g/mol. The largest absolute Gasteiger partial charge is 0.496 e. The van der Waals surface area contributed by atoms with Crippen molar-refractivity contribution in [2.24, 2.45) is 5.92 Å². The Morgan fingerprint density at radius 3 is 2.80 bits per heavy atom. The Balaban J connectivity index is 2.16. The fourth-order valence-electron chi connectivity index (χ4n) is 2.83. The lowest BCUT2D eigenvalue weighted by Gasteiger charge is -2.33. The lowest BCUT2D eigenvalue weighted by Crippen LogP contribution is -2.43. The molecule has 25 heavy (non-hydrogen) atoms. The number of benzene rings is 1. The minimum absolute atomic E-state index is 0.00267. The number of hydrogen-bond donors (Lipinski definition) is 1. The average molecular weight is 371 g/mol. The first-order chi connectivity index (χ1) is 11.7. The maximum absolute atomic E-state index is 12.8. The second-order valence-corrected chi connectivity index (χ2v) is 7.85. The molecule has 0 aliphatic carbocycles. The second kappa shape index (κ2) is 7.79. The van der Waals surface area contributed by atoms with Gasteiger partial charge in [0.15, 0.2) is 0 Å². The number of carbonyl (C=O) groups is 1. The molecule has 2 rings (SSSR count). The molecule has 138 valence electrons. The summed E-state index contributed by atoms with van der Waals surface area (Å²) in [4.78, 5) is 24.8. The molecule has 1 atom stereocenters. The zero-order chi connectivity index (χ0) is 18.6. The summed E-state index contributed by atoms with van der Waals surface area (Å²) >= 11 is 0. The number of non-ortho nitro benzene ring substituents is 1. The normalized spacial score (nSPS) is 18.0. The molecule has 0 radical (unpaired) electrons. The van der Waals surface area contributed by atoms with Crippen molar-refractivity contribution in [1.29, 1.82) is 0 Å². The first-order valence-corrected chi connectivity index (χ1v) is 9.66. The third-order valence-corrected chi connectivity index (χ3v) is 4.76. The number of amides is 1. The smallest absolute Gasteiger partial charge is 0.270 e. The molecule has 1 N–H and O–H groups in total. The maximum Gasteiger partial charge on any atom is 0.270 e. The third-order valence-electron chi connectivity index (χ3n) is 4.06. The second-order valence-electron chi connectivity index (χ2n) is 6.02. The highest BCUT2D eigenvalue weighted by Crippen LogP contribution is 2.27. The van der Waals surface area contributed by atoms with Gasteiger partial charge in [-0.25, -0.2) is 13.1 Å². The van der Waals surface area contributed by atoms with Crippen molar-refractivity contribution in [3.63, 3.8) is 0 Å². The fraction of sp³-hybridized carbons (Fsp3) is 0.533. The summed E-state index contributed by atoms with van der Waals surface area (Å²) in [5, 5.41) is 11.0. The van der Waals surface area contributed by atoms with Gasteiger partial charge in [0.1, 0.15) is 5.75 Å². The molecule has 0 saturated carbocycles. The molecule has 1 aliphatic heterocycles. The van der Waals surface area contributed by atoms with E-state index in [1.807, 2.05) is 0 Å². The quantitative estimate of drug-likeness (QED) is 0.589. The molecule has 10 heteroatoms. The highest BCUT2D eigenvalue weighted by molar-refractivity contribution is 7.88. The summed E-state index contributed by atoms with van der Waals surface area (Å²) in [7, 11) is -1.89. The van der Waals surface area contributed by atoms with Crippen LogP contribution in [-0.2, 0) is 10.0 Å². The van der Waals surface area contributed by atoms with E-state index in [2.05, 4.69) is 4.72 Å². The zero-order valence-corrected chi connectivity index (χ0v) is 14.9. The van der Waals surface area contributed by atoms with Crippen molar-refractivity contribution in [3.8, 4) is 5.75 Å². The van der Waals surface area contributed by atoms with Crippen molar-refractivity contribution in [1.82, 2.24) is 9.62 Å². The van der Waals surface area contributed by atoms with Gasteiger partial charge in [0.05, 0.1) is 23.9 Å². The van der Waals surface area contributed by atoms with Gasteiger partial charge in [-0.1, -0.05) is 0 Å². The molecular formula is C15H21N3O6S. The van der Waals surface area contributed by atoms with E-state index >= 15 is 0 Å². The Kier molecular flexibility index (Phi) is 5.96. The lowest BCUT2D eigenvalue weighted by atomic mass is 9.97. The standard InChI is InChI=1S/C15H21N3O6S/c1-24-14-6-5-12(18(20)21)8-13(14)15(19)17-7-3-4-11(10-17)9-16-25(2,22)23/h5-6,8,11,16H,3-4,7,9-10H2,1-2H3/t11-/m0/s1. The number of likely N-dealkylation sites (tertiary alicyclic amines) is 1. The number of piperidine rings is 1. The number of nitro benzene ring substituents is 1. The molecule has 9 nitrogen and oxygen atoms in total. The number of hydrogen-bond acceptors (Lipinski definition) is 6. The van der Waals surface area contributed by atoms with Crippen LogP contribution in [0.3, 0.4) is 0 Å². The fourth-order valence-corrected chi connectivity index (χ4v) is 3.37. The van der Waals surface area contributed by atoms with Crippen molar-refractivity contribution in [3.05, 3.63) is 33.9 Å².